The summed E-state index contributed by atoms with van der Waals surface area (Å²) >= 11 is 0. The number of nitrogens with one attached hydrogen (secondary N) is 4. The molecular formula is C73H87FN8O6. The van der Waals surface area contributed by atoms with Crippen LogP contribution in [-0.4, -0.2) is 87.3 Å². The molecule has 0 bridgehead atoms. The van der Waals surface area contributed by atoms with Crippen molar-refractivity contribution in [2.45, 2.75) is 168 Å². The number of Topliss-reactive ketones (excluding diaryl/α,β-unsaturated/α-hetero) is 1. The number of amides is 5. The van der Waals surface area contributed by atoms with Gasteiger partial charge < -0.3 is 31.1 Å². The number of rotatable bonds is 22. The normalized spacial score (nSPS) is 18.7. The van der Waals surface area contributed by atoms with Crippen molar-refractivity contribution in [2.24, 2.45) is 23.7 Å². The molecule has 15 heteroatoms. The molecule has 88 heavy (non-hydrogen) atoms. The van der Waals surface area contributed by atoms with Crippen molar-refractivity contribution in [1.82, 2.24) is 41.0 Å². The van der Waals surface area contributed by atoms with E-state index >= 15 is 0 Å². The first-order valence-corrected chi connectivity index (χ1v) is 32.3. The van der Waals surface area contributed by atoms with Crippen LogP contribution in [0.3, 0.4) is 0 Å². The highest BCUT2D eigenvalue weighted by Crippen LogP contribution is 2.41. The van der Waals surface area contributed by atoms with Crippen molar-refractivity contribution in [2.75, 3.05) is 20.1 Å². The summed E-state index contributed by atoms with van der Waals surface area (Å²) in [6.45, 7) is 9.36. The maximum Gasteiger partial charge on any atom is 0.251 e. The van der Waals surface area contributed by atoms with Crippen LogP contribution < -0.4 is 21.3 Å². The van der Waals surface area contributed by atoms with Crippen LogP contribution in [0.15, 0.2) is 122 Å². The molecule has 5 amide bonds. The summed E-state index contributed by atoms with van der Waals surface area (Å²) in [4.78, 5) is 96.3. The van der Waals surface area contributed by atoms with Crippen LogP contribution in [0.4, 0.5) is 4.39 Å². The van der Waals surface area contributed by atoms with E-state index in [1.807, 2.05) is 80.2 Å². The smallest absolute Gasteiger partial charge is 0.251 e. The first-order chi connectivity index (χ1) is 42.7. The lowest BCUT2D eigenvalue weighted by Gasteiger charge is -2.35. The van der Waals surface area contributed by atoms with E-state index in [1.165, 1.54) is 12.1 Å². The Morgan fingerprint density at radius 3 is 1.59 bits per heavy atom. The largest absolute Gasteiger partial charge is 0.348 e. The Morgan fingerprint density at radius 2 is 1.07 bits per heavy atom. The molecule has 4 fully saturated rings. The zero-order valence-electron chi connectivity index (χ0n) is 51.9. The minimum Gasteiger partial charge on any atom is -0.348 e. The van der Waals surface area contributed by atoms with Crippen LogP contribution in [0.5, 0.6) is 0 Å². The van der Waals surface area contributed by atoms with E-state index < -0.39 is 11.9 Å². The van der Waals surface area contributed by atoms with E-state index in [4.69, 9.17) is 4.98 Å². The molecule has 4 N–H and O–H groups in total. The van der Waals surface area contributed by atoms with Gasteiger partial charge in [-0.15, -0.1) is 0 Å². The monoisotopic (exact) mass is 1190 g/mol. The van der Waals surface area contributed by atoms with Gasteiger partial charge >= 0.3 is 0 Å². The highest BCUT2D eigenvalue weighted by molar-refractivity contribution is 5.96. The molecule has 2 aliphatic heterocycles. The summed E-state index contributed by atoms with van der Waals surface area (Å²) in [7, 11) is 1.77. The number of pyridine rings is 2. The zero-order valence-corrected chi connectivity index (χ0v) is 51.9. The summed E-state index contributed by atoms with van der Waals surface area (Å²) in [5, 5.41) is 12.4. The highest BCUT2D eigenvalue weighted by Gasteiger charge is 2.41. The Kier molecular flexibility index (Phi) is 21.1. The molecule has 4 aliphatic rings. The number of ketones is 1. The van der Waals surface area contributed by atoms with Gasteiger partial charge in [-0.25, -0.2) is 4.39 Å². The number of carbonyl (C=O) groups is 6. The highest BCUT2D eigenvalue weighted by atomic mass is 19.1. The molecule has 2 aliphatic carbocycles. The lowest BCUT2D eigenvalue weighted by molar-refractivity contribution is -0.141. The van der Waals surface area contributed by atoms with E-state index in [1.54, 1.807) is 49.8 Å². The Bertz CT molecular complexity index is 3220. The van der Waals surface area contributed by atoms with Gasteiger partial charge in [0, 0.05) is 91.5 Å². The molecule has 4 aromatic carbocycles. The second kappa shape index (κ2) is 29.4. The van der Waals surface area contributed by atoms with E-state index in [0.29, 0.717) is 36.2 Å². The van der Waals surface area contributed by atoms with Crippen LogP contribution in [0, 0.1) is 36.4 Å². The molecule has 0 radical (unpaired) electrons. The average Bonchev–Trinajstić information content (AvgIpc) is 2.14. The van der Waals surface area contributed by atoms with Crippen molar-refractivity contribution in [3.8, 4) is 33.4 Å². The lowest BCUT2D eigenvalue weighted by atomic mass is 9.76. The SMILES string of the molecule is CC[C@@H](C)C(=O)N[C@H](C(=O)N1CCC[C@H]1c1cncc(-c2ccc(C)cc2CNC(=O)c2ccc(-c3ccc(C(=O)NCc4cc(F)ccc4-c4cncc([C@@H]5CCCN5C(=O)[C@@H](CC(=O)[C@H](C)NC)C5CCCCC5)c4)cc3)cc2)c1)C1CCCCC1. The molecule has 2 saturated heterocycles. The number of hydrogen-bond donors (Lipinski definition) is 4. The molecule has 10 rings (SSSR count). The molecule has 2 aromatic heterocycles. The second-order valence-corrected chi connectivity index (χ2v) is 25.3. The molecule has 462 valence electrons. The molecule has 6 aromatic rings. The fraction of sp³-hybridized carbons (Fsp3) is 0.452. The zero-order chi connectivity index (χ0) is 61.8. The fourth-order valence-electron chi connectivity index (χ4n) is 13.9. The van der Waals surface area contributed by atoms with Gasteiger partial charge in [0.25, 0.3) is 11.8 Å². The van der Waals surface area contributed by atoms with Crippen molar-refractivity contribution < 1.29 is 33.2 Å². The van der Waals surface area contributed by atoms with Gasteiger partial charge in [0.05, 0.1) is 18.1 Å². The van der Waals surface area contributed by atoms with Crippen molar-refractivity contribution in [3.63, 3.8) is 0 Å². The van der Waals surface area contributed by atoms with Crippen LogP contribution in [0.25, 0.3) is 33.4 Å². The van der Waals surface area contributed by atoms with Gasteiger partial charge in [0.1, 0.15) is 17.6 Å². The van der Waals surface area contributed by atoms with Crippen LogP contribution in [-0.2, 0) is 32.3 Å². The molecule has 0 unspecified atom stereocenters. The Hall–Kier alpha value is -7.91. The molecule has 4 heterocycles. The number of aryl methyl sites for hydroxylation is 1. The third-order valence-corrected chi connectivity index (χ3v) is 19.4. The quantitative estimate of drug-likeness (QED) is 0.0514. The van der Waals surface area contributed by atoms with Gasteiger partial charge in [-0.3, -0.25) is 38.7 Å². The van der Waals surface area contributed by atoms with Gasteiger partial charge in [-0.05, 0) is 184 Å². The van der Waals surface area contributed by atoms with Crippen molar-refractivity contribution in [1.29, 1.82) is 0 Å². The predicted molar refractivity (Wildman–Crippen MR) is 342 cm³/mol. The van der Waals surface area contributed by atoms with Crippen LogP contribution >= 0.6 is 0 Å². The molecule has 6 atom stereocenters. The summed E-state index contributed by atoms with van der Waals surface area (Å²) in [5.74, 6) is -1.17. The first kappa shape index (κ1) is 63.1. The lowest BCUT2D eigenvalue weighted by Crippen LogP contribution is -2.53. The van der Waals surface area contributed by atoms with E-state index in [9.17, 15) is 33.2 Å². The number of benzene rings is 4. The standard InChI is InChI=1S/C73H87FN8O6/c1-6-47(3)69(84)80-68(52-17-11-8-12-18-52)73(88)82-34-14-20-66(82)60-36-56(40-76-43-60)62-31-21-46(2)35-55(62)44-78-70(85)53-26-22-49(23-27-53)50-24-28-54(29-25-50)71(86)79-45-58-38-61(74)30-32-63(58)57-37-59(42-77-41-57)65-19-13-33-81(65)72(87)64(39-67(83)48(4)75-5)51-15-9-7-10-16-51/h21-32,35-38,40-43,47-48,51-52,64-66,68,75H,6-20,33-34,39,44-45H2,1-5H3,(H,78,85)(H,79,86)(H,80,84)/t47-,48+,64+,65+,66+,68+/m1/s1. The van der Waals surface area contributed by atoms with E-state index in [2.05, 4.69) is 50.5 Å². The Balaban J connectivity index is 0.758. The number of halogens is 1. The Labute approximate surface area is 518 Å². The summed E-state index contributed by atoms with van der Waals surface area (Å²) in [6, 6.07) is 28.2. The van der Waals surface area contributed by atoms with Gasteiger partial charge in [-0.2, -0.15) is 0 Å². The topological polar surface area (TPSA) is 183 Å². The summed E-state index contributed by atoms with van der Waals surface area (Å²) in [5.41, 5.74) is 10.3. The number of aromatic nitrogens is 2. The summed E-state index contributed by atoms with van der Waals surface area (Å²) in [6.07, 6.45) is 21.8. The molecular weight excluding hydrogens is 1100 g/mol. The maximum absolute atomic E-state index is 15.0. The second-order valence-electron chi connectivity index (χ2n) is 25.3. The third kappa shape index (κ3) is 15.0. The number of likely N-dealkylation sites (N-methyl/N-ethyl adjacent to an activating group) is 1. The number of nitrogens with zero attached hydrogens (tertiary/aromatic N) is 4. The first-order valence-electron chi connectivity index (χ1n) is 32.3. The summed E-state index contributed by atoms with van der Waals surface area (Å²) < 4.78 is 15.0. The number of carbonyl (C=O) groups excluding carboxylic acids is 6. The predicted octanol–water partition coefficient (Wildman–Crippen LogP) is 13.0. The van der Waals surface area contributed by atoms with Gasteiger partial charge in [-0.1, -0.05) is 106 Å². The number of likely N-dealkylation sites (tertiary alicyclic amines) is 2. The minimum absolute atomic E-state index is 0.00303. The molecule has 0 spiro atoms. The van der Waals surface area contributed by atoms with Crippen molar-refractivity contribution in [3.05, 3.63) is 167 Å². The van der Waals surface area contributed by atoms with Gasteiger partial charge in [0.2, 0.25) is 17.7 Å². The van der Waals surface area contributed by atoms with E-state index in [-0.39, 0.29) is 96.6 Å². The molecule has 14 nitrogen and oxygen atoms in total. The minimum atomic E-state index is -0.539. The molecule has 2 saturated carbocycles. The van der Waals surface area contributed by atoms with Crippen LogP contribution in [0.1, 0.15) is 184 Å². The third-order valence-electron chi connectivity index (χ3n) is 19.4. The van der Waals surface area contributed by atoms with Gasteiger partial charge in [0.15, 0.2) is 0 Å². The maximum atomic E-state index is 15.0. The number of hydrogen-bond acceptors (Lipinski definition) is 9. The average molecular weight is 1190 g/mol. The van der Waals surface area contributed by atoms with E-state index in [0.717, 1.165) is 146 Å². The Morgan fingerprint density at radius 1 is 0.568 bits per heavy atom. The van der Waals surface area contributed by atoms with Crippen molar-refractivity contribution >= 4 is 35.3 Å². The fourth-order valence-corrected chi connectivity index (χ4v) is 13.9. The van der Waals surface area contributed by atoms with Crippen LogP contribution in [0.2, 0.25) is 0 Å².